The van der Waals surface area contributed by atoms with Gasteiger partial charge in [0.05, 0.1) is 7.11 Å². The van der Waals surface area contributed by atoms with Crippen LogP contribution in [0.15, 0.2) is 24.3 Å². The van der Waals surface area contributed by atoms with E-state index in [1.807, 2.05) is 6.07 Å². The van der Waals surface area contributed by atoms with Crippen LogP contribution in [0.4, 0.5) is 11.9 Å². The molecule has 1 aromatic heterocycles. The third-order valence-electron chi connectivity index (χ3n) is 3.33. The molecule has 0 radical (unpaired) electrons. The van der Waals surface area contributed by atoms with Gasteiger partial charge in [0, 0.05) is 13.1 Å². The summed E-state index contributed by atoms with van der Waals surface area (Å²) in [5.41, 5.74) is 5.10. The number of nitrogens with zero attached hydrogens (tertiary/aromatic N) is 4. The summed E-state index contributed by atoms with van der Waals surface area (Å²) in [7, 11) is 1.52. The molecule has 104 valence electrons. The average molecular weight is 272 g/mol. The Bertz CT molecular complexity index is 595. The van der Waals surface area contributed by atoms with E-state index in [0.717, 1.165) is 19.5 Å². The van der Waals surface area contributed by atoms with Gasteiger partial charge < -0.3 is 9.64 Å². The molecule has 0 amide bonds. The number of hydrazine groups is 1. The van der Waals surface area contributed by atoms with Crippen LogP contribution in [0.3, 0.4) is 0 Å². The molecule has 1 aliphatic heterocycles. The first-order chi connectivity index (χ1) is 9.80. The van der Waals surface area contributed by atoms with Gasteiger partial charge in [0.25, 0.3) is 0 Å². The summed E-state index contributed by atoms with van der Waals surface area (Å²) in [6, 6.07) is 8.65. The van der Waals surface area contributed by atoms with Crippen LogP contribution in [0.1, 0.15) is 11.1 Å². The van der Waals surface area contributed by atoms with Gasteiger partial charge in [-0.1, -0.05) is 24.3 Å². The third-order valence-corrected chi connectivity index (χ3v) is 3.33. The van der Waals surface area contributed by atoms with Gasteiger partial charge in [-0.25, -0.2) is 5.84 Å². The highest BCUT2D eigenvalue weighted by Crippen LogP contribution is 2.23. The number of nitrogens with two attached hydrogens (primary N) is 1. The number of methoxy groups -OCH3 is 1. The van der Waals surface area contributed by atoms with Gasteiger partial charge in [-0.3, -0.25) is 5.43 Å². The molecule has 0 aliphatic carbocycles. The molecular formula is C13H16N6O. The summed E-state index contributed by atoms with van der Waals surface area (Å²) in [6.07, 6.45) is 0.968. The first-order valence-corrected chi connectivity index (χ1v) is 6.38. The number of rotatable bonds is 3. The first-order valence-electron chi connectivity index (χ1n) is 6.38. The molecule has 3 rings (SSSR count). The maximum atomic E-state index is 5.37. The van der Waals surface area contributed by atoms with E-state index in [0.29, 0.717) is 11.9 Å². The Morgan fingerprint density at radius 2 is 2.00 bits per heavy atom. The van der Waals surface area contributed by atoms with Gasteiger partial charge in [0.2, 0.25) is 11.9 Å². The summed E-state index contributed by atoms with van der Waals surface area (Å²) in [4.78, 5) is 14.7. The number of benzene rings is 1. The van der Waals surface area contributed by atoms with Crippen molar-refractivity contribution < 1.29 is 4.74 Å². The normalized spacial score (nSPS) is 13.8. The monoisotopic (exact) mass is 272 g/mol. The van der Waals surface area contributed by atoms with E-state index in [1.54, 1.807) is 0 Å². The van der Waals surface area contributed by atoms with Crippen LogP contribution >= 0.6 is 0 Å². The largest absolute Gasteiger partial charge is 0.467 e. The predicted octanol–water partition coefficient (Wildman–Crippen LogP) is 0.728. The molecule has 0 atom stereocenters. The van der Waals surface area contributed by atoms with Crippen molar-refractivity contribution in [2.24, 2.45) is 5.84 Å². The summed E-state index contributed by atoms with van der Waals surface area (Å²) in [6.45, 7) is 1.63. The van der Waals surface area contributed by atoms with Crippen molar-refractivity contribution >= 4 is 11.9 Å². The lowest BCUT2D eigenvalue weighted by Gasteiger charge is -2.28. The van der Waals surface area contributed by atoms with Crippen molar-refractivity contribution in [3.05, 3.63) is 35.4 Å². The van der Waals surface area contributed by atoms with Crippen LogP contribution < -0.4 is 20.9 Å². The molecule has 0 fully saturated rings. The zero-order chi connectivity index (χ0) is 13.9. The summed E-state index contributed by atoms with van der Waals surface area (Å²) >= 11 is 0. The van der Waals surface area contributed by atoms with Crippen LogP contribution in [0.5, 0.6) is 6.01 Å². The lowest BCUT2D eigenvalue weighted by Crippen LogP contribution is -2.32. The van der Waals surface area contributed by atoms with Crippen molar-refractivity contribution in [3.63, 3.8) is 0 Å². The quantitative estimate of drug-likeness (QED) is 0.629. The molecule has 1 aliphatic rings. The van der Waals surface area contributed by atoms with Gasteiger partial charge in [0.1, 0.15) is 0 Å². The number of anilines is 2. The lowest BCUT2D eigenvalue weighted by atomic mass is 10.0. The van der Waals surface area contributed by atoms with Crippen molar-refractivity contribution in [3.8, 4) is 6.01 Å². The third kappa shape index (κ3) is 2.35. The summed E-state index contributed by atoms with van der Waals surface area (Å²) in [5.74, 6) is 6.24. The molecule has 2 aromatic rings. The molecule has 7 nitrogen and oxygen atoms in total. The Morgan fingerprint density at radius 1 is 1.20 bits per heavy atom. The fraction of sp³-hybridized carbons (Fsp3) is 0.308. The Morgan fingerprint density at radius 3 is 2.75 bits per heavy atom. The predicted molar refractivity (Wildman–Crippen MR) is 75.4 cm³/mol. The molecule has 0 spiro atoms. The lowest BCUT2D eigenvalue weighted by molar-refractivity contribution is 0.378. The van der Waals surface area contributed by atoms with Gasteiger partial charge in [-0.15, -0.1) is 0 Å². The molecular weight excluding hydrogens is 256 g/mol. The van der Waals surface area contributed by atoms with Crippen LogP contribution in [-0.2, 0) is 13.0 Å². The zero-order valence-electron chi connectivity index (χ0n) is 11.2. The molecule has 0 saturated carbocycles. The highest BCUT2D eigenvalue weighted by atomic mass is 16.5. The van der Waals surface area contributed by atoms with Crippen LogP contribution in [0.2, 0.25) is 0 Å². The van der Waals surface area contributed by atoms with Crippen LogP contribution in [0.25, 0.3) is 0 Å². The Labute approximate surface area is 116 Å². The minimum atomic E-state index is 0.252. The smallest absolute Gasteiger partial charge is 0.322 e. The molecule has 0 saturated heterocycles. The highest BCUT2D eigenvalue weighted by molar-refractivity contribution is 5.42. The number of aromatic nitrogens is 3. The average Bonchev–Trinajstić information content (AvgIpc) is 2.53. The van der Waals surface area contributed by atoms with Crippen LogP contribution in [0, 0.1) is 0 Å². The second kappa shape index (κ2) is 5.30. The maximum absolute atomic E-state index is 5.37. The van der Waals surface area contributed by atoms with E-state index in [1.165, 1.54) is 18.2 Å². The fourth-order valence-electron chi connectivity index (χ4n) is 2.31. The molecule has 0 unspecified atom stereocenters. The second-order valence-corrected chi connectivity index (χ2v) is 4.53. The van der Waals surface area contributed by atoms with E-state index in [-0.39, 0.29) is 6.01 Å². The van der Waals surface area contributed by atoms with Crippen molar-refractivity contribution in [1.29, 1.82) is 0 Å². The van der Waals surface area contributed by atoms with Crippen molar-refractivity contribution in [1.82, 2.24) is 15.0 Å². The number of fused-ring (bicyclic) bond motifs is 1. The number of hydrogen-bond donors (Lipinski definition) is 2. The molecule has 1 aromatic carbocycles. The second-order valence-electron chi connectivity index (χ2n) is 4.53. The van der Waals surface area contributed by atoms with E-state index in [2.05, 4.69) is 43.5 Å². The van der Waals surface area contributed by atoms with Crippen LogP contribution in [-0.4, -0.2) is 28.6 Å². The van der Waals surface area contributed by atoms with Gasteiger partial charge >= 0.3 is 6.01 Å². The van der Waals surface area contributed by atoms with Gasteiger partial charge in [-0.05, 0) is 17.5 Å². The molecule has 0 bridgehead atoms. The van der Waals surface area contributed by atoms with E-state index < -0.39 is 0 Å². The number of hydrogen-bond acceptors (Lipinski definition) is 7. The van der Waals surface area contributed by atoms with E-state index >= 15 is 0 Å². The highest BCUT2D eigenvalue weighted by Gasteiger charge is 2.19. The van der Waals surface area contributed by atoms with E-state index in [4.69, 9.17) is 10.6 Å². The molecule has 7 heteroatoms. The Hall–Kier alpha value is -2.41. The number of nitrogens with one attached hydrogen (secondary N) is 1. The SMILES string of the molecule is COc1nc(NN)nc(N2CCc3ccccc3C2)n1. The fourth-order valence-corrected chi connectivity index (χ4v) is 2.31. The molecule has 20 heavy (non-hydrogen) atoms. The standard InChI is InChI=1S/C13H16N6O/c1-20-13-16-11(18-14)15-12(17-13)19-7-6-9-4-2-3-5-10(9)8-19/h2-5H,6-8,14H2,1H3,(H,15,16,17,18). The minimum absolute atomic E-state index is 0.252. The Balaban J connectivity index is 1.91. The topological polar surface area (TPSA) is 89.2 Å². The summed E-state index contributed by atoms with van der Waals surface area (Å²) < 4.78 is 5.07. The zero-order valence-corrected chi connectivity index (χ0v) is 11.2. The number of nitrogen functional groups attached to an aromatic ring is 1. The number of ether oxygens (including phenoxy) is 1. The maximum Gasteiger partial charge on any atom is 0.322 e. The van der Waals surface area contributed by atoms with E-state index in [9.17, 15) is 0 Å². The molecule has 2 heterocycles. The van der Waals surface area contributed by atoms with Crippen molar-refractivity contribution in [2.45, 2.75) is 13.0 Å². The van der Waals surface area contributed by atoms with Crippen molar-refractivity contribution in [2.75, 3.05) is 24.0 Å². The van der Waals surface area contributed by atoms with Gasteiger partial charge in [0.15, 0.2) is 0 Å². The first kappa shape index (κ1) is 12.6. The minimum Gasteiger partial charge on any atom is -0.467 e. The molecule has 3 N–H and O–H groups in total. The Kier molecular flexibility index (Phi) is 3.34. The van der Waals surface area contributed by atoms with Gasteiger partial charge in [-0.2, -0.15) is 15.0 Å². The summed E-state index contributed by atoms with van der Waals surface area (Å²) in [5, 5.41) is 0.